The highest BCUT2D eigenvalue weighted by Gasteiger charge is 2.54. The first-order valence-corrected chi connectivity index (χ1v) is 9.40. The quantitative estimate of drug-likeness (QED) is 0.326. The van der Waals surface area contributed by atoms with Crippen molar-refractivity contribution >= 4 is 65.0 Å². The van der Waals surface area contributed by atoms with Crippen molar-refractivity contribution in [2.75, 3.05) is 0 Å². The number of aromatic nitrogens is 1. The molecule has 3 heterocycles. The second-order valence-electron chi connectivity index (χ2n) is 5.53. The first-order chi connectivity index (χ1) is 11.7. The van der Waals surface area contributed by atoms with Crippen LogP contribution in [0.25, 0.3) is 5.57 Å². The number of fused-ring (bicyclic) bond motifs is 2. The molecule has 10 heteroatoms. The van der Waals surface area contributed by atoms with E-state index in [4.69, 9.17) is 0 Å². The fourth-order valence-corrected chi connectivity index (χ4v) is 4.71. The summed E-state index contributed by atoms with van der Waals surface area (Å²) >= 11 is 9.23. The van der Waals surface area contributed by atoms with Gasteiger partial charge in [-0.1, -0.05) is 15.9 Å². The van der Waals surface area contributed by atoms with Crippen LogP contribution in [0.4, 0.5) is 17.4 Å². The maximum atomic E-state index is 15.1. The molecule has 2 aliphatic heterocycles. The van der Waals surface area contributed by atoms with E-state index in [0.717, 1.165) is 21.1 Å². The van der Waals surface area contributed by atoms with Crippen LogP contribution in [0.15, 0.2) is 51.2 Å². The van der Waals surface area contributed by atoms with Gasteiger partial charge in [-0.3, -0.25) is 0 Å². The van der Waals surface area contributed by atoms with Gasteiger partial charge in [0.05, 0.1) is 15.7 Å². The molecular formula is C15H6BBr3F4N2. The Morgan fingerprint density at radius 3 is 2.24 bits per heavy atom. The lowest BCUT2D eigenvalue weighted by atomic mass is 9.86. The summed E-state index contributed by atoms with van der Waals surface area (Å²) < 4.78 is 61.2. The predicted molar refractivity (Wildman–Crippen MR) is 98.9 cm³/mol. The second-order valence-corrected chi connectivity index (χ2v) is 8.07. The van der Waals surface area contributed by atoms with E-state index in [1.807, 2.05) is 0 Å². The van der Waals surface area contributed by atoms with Gasteiger partial charge in [-0.05, 0) is 40.2 Å². The number of benzene rings is 1. The Morgan fingerprint density at radius 2 is 1.60 bits per heavy atom. The summed E-state index contributed by atoms with van der Waals surface area (Å²) in [6.45, 7) is -4.23. The van der Waals surface area contributed by atoms with Gasteiger partial charge < -0.3 is 17.6 Å². The Balaban J connectivity index is 2.16. The van der Waals surface area contributed by atoms with Crippen LogP contribution in [0.5, 0.6) is 0 Å². The molecule has 0 saturated heterocycles. The molecule has 2 aromatic rings. The van der Waals surface area contributed by atoms with Crippen molar-refractivity contribution in [2.45, 2.75) is 0 Å². The Morgan fingerprint density at radius 1 is 0.960 bits per heavy atom. The Hall–Kier alpha value is -1.13. The lowest BCUT2D eigenvalue weighted by molar-refractivity contribution is -0.358. The first kappa shape index (κ1) is 17.3. The van der Waals surface area contributed by atoms with Crippen molar-refractivity contribution in [3.8, 4) is 0 Å². The number of hydrogen-bond acceptors (Lipinski definition) is 0. The normalized spacial score (nSPS) is 18.0. The van der Waals surface area contributed by atoms with E-state index < -0.39 is 18.6 Å². The summed E-state index contributed by atoms with van der Waals surface area (Å²) in [5, 5.41) is 0. The second kappa shape index (κ2) is 5.69. The highest BCUT2D eigenvalue weighted by Crippen LogP contribution is 2.43. The van der Waals surface area contributed by atoms with E-state index in [9.17, 15) is 8.78 Å². The van der Waals surface area contributed by atoms with Crippen molar-refractivity contribution in [3.05, 3.63) is 74.1 Å². The van der Waals surface area contributed by atoms with Crippen LogP contribution in [0.3, 0.4) is 0 Å². The molecular weight excluding hydrogens is 535 g/mol. The van der Waals surface area contributed by atoms with Crippen LogP contribution in [0, 0.1) is 11.6 Å². The smallest absolute Gasteiger partial charge is 0.389 e. The zero-order valence-corrected chi connectivity index (χ0v) is 16.8. The van der Waals surface area contributed by atoms with Crippen molar-refractivity contribution < 1.29 is 21.9 Å². The minimum atomic E-state index is -4.23. The number of rotatable bonds is 1. The van der Waals surface area contributed by atoms with Crippen molar-refractivity contribution in [1.29, 1.82) is 0 Å². The third-order valence-corrected chi connectivity index (χ3v) is 5.88. The van der Waals surface area contributed by atoms with E-state index in [2.05, 4.69) is 47.8 Å². The number of nitrogens with zero attached hydrogens (tertiary/aromatic N) is 2. The number of hydrogen-bond donors (Lipinski definition) is 0. The van der Waals surface area contributed by atoms with Crippen molar-refractivity contribution in [1.82, 2.24) is 4.48 Å². The molecule has 0 fully saturated rings. The Bertz CT molecular complexity index is 1020. The topological polar surface area (TPSA) is 7.94 Å². The molecule has 0 atom stereocenters. The molecule has 0 amide bonds. The summed E-state index contributed by atoms with van der Waals surface area (Å²) in [7, 11) is 0. The molecule has 2 nitrogen and oxygen atoms in total. The summed E-state index contributed by atoms with van der Waals surface area (Å²) in [6, 6.07) is 5.06. The molecule has 0 spiro atoms. The van der Waals surface area contributed by atoms with Crippen LogP contribution < -0.4 is 0 Å². The van der Waals surface area contributed by atoms with E-state index in [1.165, 1.54) is 24.3 Å². The molecule has 0 aliphatic carbocycles. The van der Waals surface area contributed by atoms with Gasteiger partial charge >= 0.3 is 6.97 Å². The largest absolute Gasteiger partial charge is 0.738 e. The summed E-state index contributed by atoms with van der Waals surface area (Å²) in [6.07, 6.45) is 2.85. The van der Waals surface area contributed by atoms with E-state index >= 15 is 8.63 Å². The summed E-state index contributed by atoms with van der Waals surface area (Å²) in [5.74, 6) is -1.68. The Labute approximate surface area is 165 Å². The molecule has 0 saturated carbocycles. The zero-order valence-electron chi connectivity index (χ0n) is 12.1. The molecule has 1 aromatic heterocycles. The molecule has 0 bridgehead atoms. The number of halogens is 7. The maximum Gasteiger partial charge on any atom is 0.738 e. The molecule has 0 radical (unpaired) electrons. The van der Waals surface area contributed by atoms with Crippen LogP contribution >= 0.6 is 47.8 Å². The molecule has 128 valence electrons. The van der Waals surface area contributed by atoms with Crippen LogP contribution in [0.1, 0.15) is 11.3 Å². The standard InChI is InChI=1S/C15H6BBr3F4N2/c17-7-5-8(20)14(9(21)6-7)15-10-1-3-12(18)24(10)16(22,23)25-11(15)2-4-13(25)19/h1-6H. The molecule has 4 rings (SSSR count). The highest BCUT2D eigenvalue weighted by molar-refractivity contribution is 9.18. The van der Waals surface area contributed by atoms with Gasteiger partial charge in [0.15, 0.2) is 5.70 Å². The van der Waals surface area contributed by atoms with Gasteiger partial charge in [-0.15, -0.1) is 0 Å². The van der Waals surface area contributed by atoms with Crippen LogP contribution in [-0.2, 0) is 0 Å². The zero-order chi connectivity index (χ0) is 18.1. The minimum absolute atomic E-state index is 0.0371. The third-order valence-electron chi connectivity index (χ3n) is 4.13. The fraction of sp³-hybridized carbons (Fsp3) is 0. The van der Waals surface area contributed by atoms with E-state index in [1.54, 1.807) is 0 Å². The van der Waals surface area contributed by atoms with E-state index in [0.29, 0.717) is 0 Å². The maximum absolute atomic E-state index is 15.1. The van der Waals surface area contributed by atoms with Crippen molar-refractivity contribution in [2.24, 2.45) is 0 Å². The highest BCUT2D eigenvalue weighted by atomic mass is 79.9. The molecule has 0 unspecified atom stereocenters. The molecule has 1 aromatic carbocycles. The average molecular weight is 541 g/mol. The predicted octanol–water partition coefficient (Wildman–Crippen LogP) is 5.66. The molecule has 0 N–H and O–H groups in total. The fourth-order valence-electron chi connectivity index (χ4n) is 3.17. The minimum Gasteiger partial charge on any atom is -0.389 e. The van der Waals surface area contributed by atoms with Crippen LogP contribution in [0.2, 0.25) is 0 Å². The van der Waals surface area contributed by atoms with Gasteiger partial charge in [-0.2, -0.15) is 0 Å². The monoisotopic (exact) mass is 538 g/mol. The first-order valence-electron chi connectivity index (χ1n) is 7.02. The lowest BCUT2D eigenvalue weighted by Gasteiger charge is -2.32. The van der Waals surface area contributed by atoms with Gasteiger partial charge in [-0.25, -0.2) is 8.78 Å². The van der Waals surface area contributed by atoms with E-state index in [-0.39, 0.29) is 36.2 Å². The lowest BCUT2D eigenvalue weighted by Crippen LogP contribution is -2.50. The van der Waals surface area contributed by atoms with Gasteiger partial charge in [0.1, 0.15) is 11.6 Å². The molecule has 25 heavy (non-hydrogen) atoms. The number of allylic oxidation sites excluding steroid dienone is 2. The summed E-state index contributed by atoms with van der Waals surface area (Å²) in [5.41, 5.74) is -0.218. The van der Waals surface area contributed by atoms with Crippen LogP contribution in [-0.4, -0.2) is 20.6 Å². The van der Waals surface area contributed by atoms with Gasteiger partial charge in [0, 0.05) is 38.2 Å². The average Bonchev–Trinajstić information content (AvgIpc) is 3.06. The SMILES string of the molecule is Fc1cc(Br)cc(F)c1C1=C2C=CC(Br)=[N+]2[B-](F)(F)n2c(Br)ccc21. The molecule has 2 aliphatic rings. The Kier molecular flexibility index (Phi) is 3.93. The van der Waals surface area contributed by atoms with Crippen molar-refractivity contribution in [3.63, 3.8) is 0 Å². The third kappa shape index (κ3) is 2.37. The van der Waals surface area contributed by atoms with Gasteiger partial charge in [0.2, 0.25) is 4.62 Å². The van der Waals surface area contributed by atoms with Gasteiger partial charge in [0.25, 0.3) is 0 Å². The summed E-state index contributed by atoms with van der Waals surface area (Å²) in [4.78, 5) is 0.